The fourth-order valence-corrected chi connectivity index (χ4v) is 3.48. The minimum atomic E-state index is -0.508. The van der Waals surface area contributed by atoms with Crippen LogP contribution in [-0.4, -0.2) is 34.0 Å². The van der Waals surface area contributed by atoms with Crippen LogP contribution in [0.25, 0.3) is 0 Å². The molecule has 152 valence electrons. The van der Waals surface area contributed by atoms with Crippen LogP contribution in [0.15, 0.2) is 48.5 Å². The molecule has 29 heavy (non-hydrogen) atoms. The Labute approximate surface area is 175 Å². The summed E-state index contributed by atoms with van der Waals surface area (Å²) in [5.74, 6) is -0.381. The highest BCUT2D eigenvalue weighted by molar-refractivity contribution is 8.00. The van der Waals surface area contributed by atoms with Crippen LogP contribution in [-0.2, 0) is 16.0 Å². The number of nitro benzene ring substituents is 1. The molecule has 1 aliphatic heterocycles. The average Bonchev–Trinajstić information content (AvgIpc) is 2.70. The molecule has 0 aliphatic carbocycles. The van der Waals surface area contributed by atoms with Crippen molar-refractivity contribution in [2.45, 2.75) is 18.0 Å². The number of non-ortho nitro benzene ring substituents is 1. The van der Waals surface area contributed by atoms with E-state index in [2.05, 4.69) is 21.5 Å². The van der Waals surface area contributed by atoms with E-state index in [-0.39, 0.29) is 23.3 Å². The summed E-state index contributed by atoms with van der Waals surface area (Å²) < 4.78 is 0. The van der Waals surface area contributed by atoms with Crippen molar-refractivity contribution in [3.05, 3.63) is 69.2 Å². The normalized spacial score (nSPS) is 18.7. The van der Waals surface area contributed by atoms with E-state index in [1.807, 2.05) is 12.1 Å². The number of anilines is 1. The summed E-state index contributed by atoms with van der Waals surface area (Å²) in [6.07, 6.45) is 0.494. The number of hydrazine groups is 1. The summed E-state index contributed by atoms with van der Waals surface area (Å²) >= 11 is 7.07. The second-order valence-corrected chi connectivity index (χ2v) is 7.75. The number of nitrogens with zero attached hydrogens (tertiary/aromatic N) is 1. The highest BCUT2D eigenvalue weighted by atomic mass is 35.5. The van der Waals surface area contributed by atoms with Gasteiger partial charge in [-0.2, -0.15) is 0 Å². The van der Waals surface area contributed by atoms with Gasteiger partial charge in [0, 0.05) is 22.8 Å². The van der Waals surface area contributed by atoms with Gasteiger partial charge in [0.1, 0.15) is 11.5 Å². The molecule has 2 aromatic carbocycles. The van der Waals surface area contributed by atoms with Crippen LogP contribution < -0.4 is 21.5 Å². The minimum Gasteiger partial charge on any atom is -0.329 e. The maximum Gasteiger partial charge on any atom is 0.269 e. The Hall–Kier alpha value is -2.66. The minimum absolute atomic E-state index is 0.0503. The zero-order chi connectivity index (χ0) is 20.8. The van der Waals surface area contributed by atoms with Crippen LogP contribution in [0.4, 0.5) is 11.4 Å². The summed E-state index contributed by atoms with van der Waals surface area (Å²) in [5, 5.41) is 16.7. The molecule has 2 unspecified atom stereocenters. The molecule has 0 bridgehead atoms. The number of nitro groups is 1. The molecule has 2 amide bonds. The van der Waals surface area contributed by atoms with E-state index in [1.165, 1.54) is 36.0 Å². The topological polar surface area (TPSA) is 125 Å². The van der Waals surface area contributed by atoms with E-state index in [1.54, 1.807) is 12.1 Å². The number of nitrogens with one attached hydrogen (secondary N) is 4. The third-order valence-electron chi connectivity index (χ3n) is 4.07. The number of thioether (sulfide) groups is 1. The van der Waals surface area contributed by atoms with Crippen LogP contribution >= 0.6 is 23.4 Å². The predicted octanol–water partition coefficient (Wildman–Crippen LogP) is 2.04. The number of carbonyl (C=O) groups is 2. The molecule has 1 heterocycles. The summed E-state index contributed by atoms with van der Waals surface area (Å²) in [7, 11) is 0. The maximum atomic E-state index is 12.3. The Balaban J connectivity index is 1.42. The van der Waals surface area contributed by atoms with Crippen molar-refractivity contribution in [3.8, 4) is 0 Å². The average molecular weight is 436 g/mol. The van der Waals surface area contributed by atoms with E-state index in [0.29, 0.717) is 17.1 Å². The molecule has 1 aliphatic rings. The molecule has 1 fully saturated rings. The fraction of sp³-hybridized carbons (Fsp3) is 0.222. The quantitative estimate of drug-likeness (QED) is 0.387. The van der Waals surface area contributed by atoms with Crippen molar-refractivity contribution in [3.63, 3.8) is 0 Å². The molecule has 4 N–H and O–H groups in total. The standard InChI is InChI=1S/C18H18ClN5O4S/c19-12-3-1-11(2-4-12)9-15-17(26)21-18(23-22-15)29-10-16(25)20-13-5-7-14(8-6-13)24(27)28/h1-8,15,18,22-23H,9-10H2,(H,20,25)(H,21,26). The molecule has 0 spiro atoms. The highest BCUT2D eigenvalue weighted by Gasteiger charge is 2.27. The van der Waals surface area contributed by atoms with Crippen molar-refractivity contribution >= 4 is 46.6 Å². The lowest BCUT2D eigenvalue weighted by Gasteiger charge is -2.31. The van der Waals surface area contributed by atoms with Crippen LogP contribution in [0.5, 0.6) is 0 Å². The SMILES string of the molecule is O=C(CSC1NNC(Cc2ccc(Cl)cc2)C(=O)N1)Nc1ccc([N+](=O)[O-])cc1. The van der Waals surface area contributed by atoms with Gasteiger partial charge < -0.3 is 10.6 Å². The Morgan fingerprint density at radius 2 is 1.83 bits per heavy atom. The van der Waals surface area contributed by atoms with Crippen molar-refractivity contribution in [1.29, 1.82) is 0 Å². The molecule has 0 radical (unpaired) electrons. The zero-order valence-electron chi connectivity index (χ0n) is 15.1. The van der Waals surface area contributed by atoms with Crippen molar-refractivity contribution in [2.75, 3.05) is 11.1 Å². The molecular formula is C18H18ClN5O4S. The first kappa shape index (κ1) is 21.1. The van der Waals surface area contributed by atoms with Crippen LogP contribution in [0.3, 0.4) is 0 Å². The molecule has 3 rings (SSSR count). The van der Waals surface area contributed by atoms with Crippen LogP contribution in [0.1, 0.15) is 5.56 Å². The lowest BCUT2D eigenvalue weighted by atomic mass is 10.1. The van der Waals surface area contributed by atoms with E-state index in [4.69, 9.17) is 11.6 Å². The first-order chi connectivity index (χ1) is 13.9. The molecule has 9 nitrogen and oxygen atoms in total. The van der Waals surface area contributed by atoms with E-state index >= 15 is 0 Å². The zero-order valence-corrected chi connectivity index (χ0v) is 16.6. The highest BCUT2D eigenvalue weighted by Crippen LogP contribution is 2.17. The summed E-state index contributed by atoms with van der Waals surface area (Å²) in [6, 6.07) is 12.4. The Kier molecular flexibility index (Phi) is 7.04. The monoisotopic (exact) mass is 435 g/mol. The Bertz CT molecular complexity index is 894. The smallest absolute Gasteiger partial charge is 0.269 e. The summed E-state index contributed by atoms with van der Waals surface area (Å²) in [6.45, 7) is 0. The molecular weight excluding hydrogens is 418 g/mol. The molecule has 2 aromatic rings. The van der Waals surface area contributed by atoms with Gasteiger partial charge >= 0.3 is 0 Å². The lowest BCUT2D eigenvalue weighted by molar-refractivity contribution is -0.384. The number of hydrogen-bond donors (Lipinski definition) is 4. The number of amides is 2. The van der Waals surface area contributed by atoms with Crippen molar-refractivity contribution in [2.24, 2.45) is 0 Å². The maximum absolute atomic E-state index is 12.3. The van der Waals surface area contributed by atoms with Gasteiger partial charge in [-0.15, -0.1) is 11.8 Å². The second kappa shape index (κ2) is 9.70. The van der Waals surface area contributed by atoms with Gasteiger partial charge in [0.05, 0.1) is 10.7 Å². The van der Waals surface area contributed by atoms with Gasteiger partial charge in [-0.3, -0.25) is 19.7 Å². The summed E-state index contributed by atoms with van der Waals surface area (Å²) in [4.78, 5) is 34.5. The van der Waals surface area contributed by atoms with Gasteiger partial charge in [0.2, 0.25) is 11.8 Å². The largest absolute Gasteiger partial charge is 0.329 e. The number of rotatable bonds is 7. The fourth-order valence-electron chi connectivity index (χ4n) is 2.61. The van der Waals surface area contributed by atoms with Gasteiger partial charge in [-0.25, -0.2) is 10.9 Å². The third-order valence-corrected chi connectivity index (χ3v) is 5.32. The molecule has 0 saturated carbocycles. The summed E-state index contributed by atoms with van der Waals surface area (Å²) in [5.41, 5.74) is 6.85. The second-order valence-electron chi connectivity index (χ2n) is 6.22. The lowest BCUT2D eigenvalue weighted by Crippen LogP contribution is -2.64. The molecule has 11 heteroatoms. The van der Waals surface area contributed by atoms with Crippen molar-refractivity contribution in [1.82, 2.24) is 16.2 Å². The van der Waals surface area contributed by atoms with E-state index in [0.717, 1.165) is 5.56 Å². The number of hydrogen-bond acceptors (Lipinski definition) is 7. The van der Waals surface area contributed by atoms with Gasteiger partial charge in [0.25, 0.3) is 5.69 Å². The molecule has 1 saturated heterocycles. The third kappa shape index (κ3) is 6.16. The molecule has 2 atom stereocenters. The van der Waals surface area contributed by atoms with Gasteiger partial charge in [0.15, 0.2) is 0 Å². The van der Waals surface area contributed by atoms with Gasteiger partial charge in [-0.05, 0) is 36.2 Å². The van der Waals surface area contributed by atoms with E-state index in [9.17, 15) is 19.7 Å². The van der Waals surface area contributed by atoms with Crippen LogP contribution in [0.2, 0.25) is 5.02 Å². The van der Waals surface area contributed by atoms with Crippen molar-refractivity contribution < 1.29 is 14.5 Å². The first-order valence-corrected chi connectivity index (χ1v) is 10.0. The molecule has 0 aromatic heterocycles. The first-order valence-electron chi connectivity index (χ1n) is 8.62. The Morgan fingerprint density at radius 1 is 1.14 bits per heavy atom. The van der Waals surface area contributed by atoms with Gasteiger partial charge in [-0.1, -0.05) is 23.7 Å². The van der Waals surface area contributed by atoms with Crippen LogP contribution in [0, 0.1) is 10.1 Å². The number of carbonyl (C=O) groups excluding carboxylic acids is 2. The number of benzene rings is 2. The van der Waals surface area contributed by atoms with E-state index < -0.39 is 16.5 Å². The number of halogens is 1. The Morgan fingerprint density at radius 3 is 2.45 bits per heavy atom. The predicted molar refractivity (Wildman–Crippen MR) is 111 cm³/mol.